The number of hydrogen-bond acceptors (Lipinski definition) is 4. The van der Waals surface area contributed by atoms with Crippen molar-refractivity contribution in [2.75, 3.05) is 12.4 Å². The highest BCUT2D eigenvalue weighted by atomic mass is 19.4. The fourth-order valence-electron chi connectivity index (χ4n) is 3.06. The van der Waals surface area contributed by atoms with Crippen LogP contribution in [0.5, 0.6) is 5.75 Å². The van der Waals surface area contributed by atoms with Crippen molar-refractivity contribution in [1.82, 2.24) is 14.8 Å². The van der Waals surface area contributed by atoms with Gasteiger partial charge in [-0.3, -0.25) is 4.79 Å². The van der Waals surface area contributed by atoms with Crippen molar-refractivity contribution in [3.05, 3.63) is 46.8 Å². The van der Waals surface area contributed by atoms with E-state index in [0.717, 1.165) is 11.6 Å². The molecule has 0 saturated heterocycles. The first-order valence-electron chi connectivity index (χ1n) is 8.46. The predicted octanol–water partition coefficient (Wildman–Crippen LogP) is 4.02. The number of anilines is 1. The Labute approximate surface area is 159 Å². The Bertz CT molecular complexity index is 1060. The molecule has 0 radical (unpaired) electrons. The molecule has 9 heteroatoms. The number of halogens is 3. The molecular weight excluding hydrogens is 373 g/mol. The second-order valence-corrected chi connectivity index (χ2v) is 6.50. The van der Waals surface area contributed by atoms with Crippen LogP contribution >= 0.6 is 0 Å². The number of carbonyl (C=O) groups is 1. The minimum atomic E-state index is -4.54. The van der Waals surface area contributed by atoms with Gasteiger partial charge in [0.05, 0.1) is 29.4 Å². The molecule has 148 valence electrons. The van der Waals surface area contributed by atoms with Crippen LogP contribution in [0, 0.1) is 20.8 Å². The van der Waals surface area contributed by atoms with E-state index < -0.39 is 17.6 Å². The van der Waals surface area contributed by atoms with Crippen molar-refractivity contribution in [1.29, 1.82) is 0 Å². The van der Waals surface area contributed by atoms with Gasteiger partial charge >= 0.3 is 6.18 Å². The fourth-order valence-corrected chi connectivity index (χ4v) is 3.06. The summed E-state index contributed by atoms with van der Waals surface area (Å²) in [5, 5.41) is 6.72. The van der Waals surface area contributed by atoms with Crippen molar-refractivity contribution in [2.45, 2.75) is 33.5 Å². The lowest BCUT2D eigenvalue weighted by atomic mass is 10.1. The second-order valence-electron chi connectivity index (χ2n) is 6.50. The van der Waals surface area contributed by atoms with Gasteiger partial charge in [-0.1, -0.05) is 6.07 Å². The number of amides is 1. The third-order valence-electron chi connectivity index (χ3n) is 4.23. The summed E-state index contributed by atoms with van der Waals surface area (Å²) in [6.45, 7) is 4.52. The van der Waals surface area contributed by atoms with Gasteiger partial charge in [-0.05, 0) is 44.5 Å². The highest BCUT2D eigenvalue weighted by Gasteiger charge is 2.35. The molecule has 0 fully saturated rings. The second kappa shape index (κ2) is 7.14. The first-order valence-corrected chi connectivity index (χ1v) is 8.46. The van der Waals surface area contributed by atoms with E-state index >= 15 is 0 Å². The maximum Gasteiger partial charge on any atom is 0.417 e. The number of nitrogens with one attached hydrogen (secondary N) is 1. The van der Waals surface area contributed by atoms with Crippen LogP contribution in [0.2, 0.25) is 0 Å². The average molecular weight is 392 g/mol. The topological polar surface area (TPSA) is 69.0 Å². The molecular formula is C19H19F3N4O2. The number of carbonyl (C=O) groups excluding carboxylic acids is 1. The number of pyridine rings is 1. The molecule has 0 unspecified atom stereocenters. The first kappa shape index (κ1) is 19.7. The highest BCUT2D eigenvalue weighted by Crippen LogP contribution is 2.36. The van der Waals surface area contributed by atoms with E-state index in [4.69, 9.17) is 4.74 Å². The maximum absolute atomic E-state index is 13.4. The Morgan fingerprint density at radius 2 is 1.93 bits per heavy atom. The molecule has 0 saturated carbocycles. The average Bonchev–Trinajstić information content (AvgIpc) is 2.89. The van der Waals surface area contributed by atoms with E-state index in [1.807, 2.05) is 13.0 Å². The molecule has 0 aliphatic carbocycles. The standard InChI is InChI=1S/C19H19F3N4O2/c1-10-5-6-15(28-4)14(7-10)24-16(27)9-26-18-17(12(3)25-26)13(19(20,21)22)8-11(2)23-18/h5-8H,9H2,1-4H3,(H,24,27). The monoisotopic (exact) mass is 392 g/mol. The number of benzene rings is 1. The van der Waals surface area contributed by atoms with E-state index in [2.05, 4.69) is 15.4 Å². The van der Waals surface area contributed by atoms with Gasteiger partial charge in [0, 0.05) is 5.69 Å². The molecule has 0 spiro atoms. The Kier molecular flexibility index (Phi) is 5.01. The van der Waals surface area contributed by atoms with E-state index in [-0.39, 0.29) is 29.0 Å². The Morgan fingerprint density at radius 1 is 1.21 bits per heavy atom. The summed E-state index contributed by atoms with van der Waals surface area (Å²) < 4.78 is 46.6. The molecule has 28 heavy (non-hydrogen) atoms. The summed E-state index contributed by atoms with van der Waals surface area (Å²) >= 11 is 0. The van der Waals surface area contributed by atoms with E-state index in [0.29, 0.717) is 11.4 Å². The summed E-state index contributed by atoms with van der Waals surface area (Å²) in [6, 6.07) is 6.29. The maximum atomic E-state index is 13.4. The highest BCUT2D eigenvalue weighted by molar-refractivity contribution is 5.93. The molecule has 1 amide bonds. The first-order chi connectivity index (χ1) is 13.1. The lowest BCUT2D eigenvalue weighted by molar-refractivity contribution is -0.136. The molecule has 0 atom stereocenters. The number of aryl methyl sites for hydroxylation is 3. The van der Waals surface area contributed by atoms with Crippen LogP contribution in [0.3, 0.4) is 0 Å². The van der Waals surface area contributed by atoms with Crippen LogP contribution in [0.1, 0.15) is 22.5 Å². The van der Waals surface area contributed by atoms with Crippen molar-refractivity contribution in [3.63, 3.8) is 0 Å². The molecule has 0 aliphatic heterocycles. The Hall–Kier alpha value is -3.10. The molecule has 0 aliphatic rings. The normalized spacial score (nSPS) is 11.7. The Morgan fingerprint density at radius 3 is 2.57 bits per heavy atom. The van der Waals surface area contributed by atoms with Crippen LogP contribution in [0.25, 0.3) is 11.0 Å². The Balaban J connectivity index is 1.96. The number of ether oxygens (including phenoxy) is 1. The SMILES string of the molecule is COc1ccc(C)cc1NC(=O)Cn1nc(C)c2c(C(F)(F)F)cc(C)nc21. The summed E-state index contributed by atoms with van der Waals surface area (Å²) in [7, 11) is 1.48. The third-order valence-corrected chi connectivity index (χ3v) is 4.23. The molecule has 3 aromatic rings. The molecule has 1 N–H and O–H groups in total. The fraction of sp³-hybridized carbons (Fsp3) is 0.316. The van der Waals surface area contributed by atoms with E-state index in [1.54, 1.807) is 12.1 Å². The van der Waals surface area contributed by atoms with Crippen LogP contribution in [-0.2, 0) is 17.5 Å². The summed E-state index contributed by atoms with van der Waals surface area (Å²) in [5.74, 6) is 0.0268. The molecule has 2 heterocycles. The molecule has 6 nitrogen and oxygen atoms in total. The van der Waals surface area contributed by atoms with Crippen molar-refractivity contribution >= 4 is 22.6 Å². The largest absolute Gasteiger partial charge is 0.495 e. The zero-order chi connectivity index (χ0) is 20.6. The zero-order valence-electron chi connectivity index (χ0n) is 15.8. The molecule has 1 aromatic carbocycles. The van der Waals surface area contributed by atoms with Gasteiger partial charge in [-0.2, -0.15) is 18.3 Å². The molecule has 2 aromatic heterocycles. The van der Waals surface area contributed by atoms with Crippen molar-refractivity contribution < 1.29 is 22.7 Å². The number of fused-ring (bicyclic) bond motifs is 1. The van der Waals surface area contributed by atoms with Gasteiger partial charge in [-0.25, -0.2) is 9.67 Å². The summed E-state index contributed by atoms with van der Waals surface area (Å²) in [5.41, 5.74) is 0.970. The number of alkyl halides is 3. The smallest absolute Gasteiger partial charge is 0.417 e. The quantitative estimate of drug-likeness (QED) is 0.728. The van der Waals surface area contributed by atoms with Gasteiger partial charge in [-0.15, -0.1) is 0 Å². The van der Waals surface area contributed by atoms with Crippen LogP contribution < -0.4 is 10.1 Å². The minimum Gasteiger partial charge on any atom is -0.495 e. The molecule has 0 bridgehead atoms. The lowest BCUT2D eigenvalue weighted by Crippen LogP contribution is -2.20. The number of rotatable bonds is 4. The van der Waals surface area contributed by atoms with Crippen molar-refractivity contribution in [2.24, 2.45) is 0 Å². The summed E-state index contributed by atoms with van der Waals surface area (Å²) in [4.78, 5) is 16.7. The third kappa shape index (κ3) is 3.78. The summed E-state index contributed by atoms with van der Waals surface area (Å²) in [6.07, 6.45) is -4.54. The number of aromatic nitrogens is 3. The van der Waals surface area contributed by atoms with E-state index in [1.165, 1.54) is 25.6 Å². The number of nitrogens with zero attached hydrogens (tertiary/aromatic N) is 3. The zero-order valence-corrected chi connectivity index (χ0v) is 15.8. The van der Waals surface area contributed by atoms with Crippen LogP contribution in [0.4, 0.5) is 18.9 Å². The minimum absolute atomic E-state index is 0.0242. The van der Waals surface area contributed by atoms with E-state index in [9.17, 15) is 18.0 Å². The lowest BCUT2D eigenvalue weighted by Gasteiger charge is -2.12. The predicted molar refractivity (Wildman–Crippen MR) is 98.4 cm³/mol. The van der Waals surface area contributed by atoms with Crippen molar-refractivity contribution in [3.8, 4) is 5.75 Å². The van der Waals surface area contributed by atoms with Gasteiger partial charge in [0.1, 0.15) is 12.3 Å². The van der Waals surface area contributed by atoms with Gasteiger partial charge in [0.2, 0.25) is 5.91 Å². The van der Waals surface area contributed by atoms with Crippen LogP contribution in [-0.4, -0.2) is 27.8 Å². The number of methoxy groups -OCH3 is 1. The van der Waals surface area contributed by atoms with Crippen LogP contribution in [0.15, 0.2) is 24.3 Å². The number of hydrogen-bond donors (Lipinski definition) is 1. The van der Waals surface area contributed by atoms with Gasteiger partial charge in [0.15, 0.2) is 5.65 Å². The van der Waals surface area contributed by atoms with Gasteiger partial charge in [0.25, 0.3) is 0 Å². The van der Waals surface area contributed by atoms with Gasteiger partial charge < -0.3 is 10.1 Å². The molecule has 3 rings (SSSR count).